The molecule has 4 rings (SSSR count). The maximum absolute atomic E-state index is 13.0. The number of piperidine rings is 2. The first-order valence-corrected chi connectivity index (χ1v) is 14.1. The summed E-state index contributed by atoms with van der Waals surface area (Å²) in [6.45, 7) is 4.40. The van der Waals surface area contributed by atoms with Crippen LogP contribution in [-0.2, 0) is 10.0 Å². The van der Waals surface area contributed by atoms with Crippen molar-refractivity contribution in [2.45, 2.75) is 80.8 Å². The van der Waals surface area contributed by atoms with Crippen LogP contribution in [0.3, 0.4) is 0 Å². The van der Waals surface area contributed by atoms with Gasteiger partial charge in [-0.2, -0.15) is 4.31 Å². The van der Waals surface area contributed by atoms with Crippen LogP contribution in [0.15, 0.2) is 29.2 Å². The molecule has 0 unspecified atom stereocenters. The third kappa shape index (κ3) is 5.96. The van der Waals surface area contributed by atoms with Crippen molar-refractivity contribution in [3.63, 3.8) is 0 Å². The summed E-state index contributed by atoms with van der Waals surface area (Å²) in [7, 11) is 0.338. The average Bonchev–Trinajstić information content (AvgIpc) is 2.85. The Morgan fingerprint density at radius 3 is 2.12 bits per heavy atom. The Labute approximate surface area is 199 Å². The molecule has 3 fully saturated rings. The monoisotopic (exact) mass is 476 g/mol. The number of benzene rings is 1. The zero-order chi connectivity index (χ0) is 23.4. The molecule has 1 amide bonds. The van der Waals surface area contributed by atoms with Crippen LogP contribution in [0, 0.1) is 0 Å². The lowest BCUT2D eigenvalue weighted by Crippen LogP contribution is -2.50. The summed E-state index contributed by atoms with van der Waals surface area (Å²) in [4.78, 5) is 18.0. The molecule has 2 aliphatic heterocycles. The number of amides is 1. The summed E-state index contributed by atoms with van der Waals surface area (Å²) in [6, 6.07) is 7.38. The highest BCUT2D eigenvalue weighted by Gasteiger charge is 2.30. The molecule has 184 valence electrons. The van der Waals surface area contributed by atoms with Crippen LogP contribution in [0.4, 0.5) is 0 Å². The Balaban J connectivity index is 1.29. The zero-order valence-electron chi connectivity index (χ0n) is 20.2. The number of nitrogens with zero attached hydrogens (tertiary/aromatic N) is 3. The van der Waals surface area contributed by atoms with Crippen LogP contribution >= 0.6 is 0 Å². The molecule has 0 aromatic heterocycles. The molecule has 1 aromatic carbocycles. The highest BCUT2D eigenvalue weighted by atomic mass is 32.2. The average molecular weight is 477 g/mol. The van der Waals surface area contributed by atoms with Crippen molar-refractivity contribution in [3.05, 3.63) is 29.8 Å². The summed E-state index contributed by atoms with van der Waals surface area (Å²) >= 11 is 0. The van der Waals surface area contributed by atoms with E-state index >= 15 is 0 Å². The van der Waals surface area contributed by atoms with Crippen LogP contribution in [-0.4, -0.2) is 86.8 Å². The van der Waals surface area contributed by atoms with Gasteiger partial charge in [0.2, 0.25) is 10.0 Å². The first-order valence-electron chi connectivity index (χ1n) is 12.7. The molecule has 1 aliphatic carbocycles. The van der Waals surface area contributed by atoms with E-state index in [0.717, 1.165) is 51.6 Å². The fourth-order valence-corrected chi connectivity index (χ4v) is 7.04. The van der Waals surface area contributed by atoms with Crippen molar-refractivity contribution in [1.29, 1.82) is 0 Å². The molecule has 1 saturated carbocycles. The SMILES string of the molecule is CN1CCC(N2CCC(NC(=O)c3ccc(S(=O)(=O)N(C)C4CCCCC4)cc3)CC2)CC1. The van der Waals surface area contributed by atoms with Gasteiger partial charge in [0.25, 0.3) is 5.91 Å². The molecule has 0 spiro atoms. The summed E-state index contributed by atoms with van der Waals surface area (Å²) in [6.07, 6.45) is 9.61. The predicted octanol–water partition coefficient (Wildman–Crippen LogP) is 2.93. The van der Waals surface area contributed by atoms with Crippen molar-refractivity contribution in [2.24, 2.45) is 0 Å². The van der Waals surface area contributed by atoms with E-state index in [1.807, 2.05) is 0 Å². The van der Waals surface area contributed by atoms with Gasteiger partial charge in [-0.25, -0.2) is 8.42 Å². The summed E-state index contributed by atoms with van der Waals surface area (Å²) in [5, 5.41) is 3.16. The number of likely N-dealkylation sites (tertiary alicyclic amines) is 2. The fraction of sp³-hybridized carbons (Fsp3) is 0.720. The molecule has 1 N–H and O–H groups in total. The minimum absolute atomic E-state index is 0.0760. The molecule has 3 aliphatic rings. The third-order valence-electron chi connectivity index (χ3n) is 7.95. The number of carbonyl (C=O) groups is 1. The van der Waals surface area contributed by atoms with Gasteiger partial charge in [0.15, 0.2) is 0 Å². The number of carbonyl (C=O) groups excluding carboxylic acids is 1. The van der Waals surface area contributed by atoms with Crippen LogP contribution in [0.5, 0.6) is 0 Å². The summed E-state index contributed by atoms with van der Waals surface area (Å²) < 4.78 is 27.6. The standard InChI is InChI=1S/C25H40N4O3S/c1-27-16-14-23(15-17-27)29-18-12-21(13-19-29)26-25(30)20-8-10-24(11-9-20)33(31,32)28(2)22-6-4-3-5-7-22/h8-11,21-23H,3-7,12-19H2,1-2H3,(H,26,30). The smallest absolute Gasteiger partial charge is 0.251 e. The van der Waals surface area contributed by atoms with E-state index in [9.17, 15) is 13.2 Å². The number of hydrogen-bond donors (Lipinski definition) is 1. The van der Waals surface area contributed by atoms with Gasteiger partial charge in [-0.15, -0.1) is 0 Å². The minimum atomic E-state index is -3.54. The van der Waals surface area contributed by atoms with Gasteiger partial charge in [0.05, 0.1) is 4.90 Å². The second kappa shape index (κ2) is 10.8. The first-order chi connectivity index (χ1) is 15.8. The van der Waals surface area contributed by atoms with Gasteiger partial charge >= 0.3 is 0 Å². The van der Waals surface area contributed by atoms with Gasteiger partial charge in [0.1, 0.15) is 0 Å². The Bertz CT molecular complexity index is 883. The topological polar surface area (TPSA) is 73.0 Å². The van der Waals surface area contributed by atoms with Gasteiger partial charge in [-0.1, -0.05) is 19.3 Å². The van der Waals surface area contributed by atoms with Crippen molar-refractivity contribution in [1.82, 2.24) is 19.4 Å². The molecule has 1 aromatic rings. The van der Waals surface area contributed by atoms with E-state index in [4.69, 9.17) is 0 Å². The largest absolute Gasteiger partial charge is 0.349 e. The highest BCUT2D eigenvalue weighted by molar-refractivity contribution is 7.89. The minimum Gasteiger partial charge on any atom is -0.349 e. The number of rotatable bonds is 6. The second-order valence-electron chi connectivity index (χ2n) is 10.2. The lowest BCUT2D eigenvalue weighted by atomic mass is 9.96. The molecule has 0 bridgehead atoms. The maximum Gasteiger partial charge on any atom is 0.251 e. The normalized spacial score (nSPS) is 23.1. The van der Waals surface area contributed by atoms with Gasteiger partial charge in [0, 0.05) is 43.8 Å². The van der Waals surface area contributed by atoms with E-state index in [0.29, 0.717) is 11.6 Å². The van der Waals surface area contributed by atoms with Crippen LogP contribution in [0.2, 0.25) is 0 Å². The molecule has 33 heavy (non-hydrogen) atoms. The second-order valence-corrected chi connectivity index (χ2v) is 12.2. The van der Waals surface area contributed by atoms with Crippen molar-refractivity contribution < 1.29 is 13.2 Å². The molecule has 2 heterocycles. The predicted molar refractivity (Wildman–Crippen MR) is 131 cm³/mol. The van der Waals surface area contributed by atoms with E-state index < -0.39 is 10.0 Å². The molecule has 7 nitrogen and oxygen atoms in total. The van der Waals surface area contributed by atoms with Crippen LogP contribution < -0.4 is 5.32 Å². The quantitative estimate of drug-likeness (QED) is 0.684. The maximum atomic E-state index is 13.0. The molecule has 0 radical (unpaired) electrons. The molecule has 0 atom stereocenters. The third-order valence-corrected chi connectivity index (χ3v) is 9.88. The first kappa shape index (κ1) is 24.6. The lowest BCUT2D eigenvalue weighted by molar-refractivity contribution is 0.0807. The molecular weight excluding hydrogens is 436 g/mol. The Morgan fingerprint density at radius 1 is 0.909 bits per heavy atom. The highest BCUT2D eigenvalue weighted by Crippen LogP contribution is 2.27. The number of sulfonamides is 1. The Hall–Kier alpha value is -1.48. The Kier molecular flexibility index (Phi) is 8.10. The lowest BCUT2D eigenvalue weighted by Gasteiger charge is -2.41. The van der Waals surface area contributed by atoms with E-state index in [-0.39, 0.29) is 22.9 Å². The van der Waals surface area contributed by atoms with Gasteiger partial charge < -0.3 is 15.1 Å². The van der Waals surface area contributed by atoms with Crippen molar-refractivity contribution in [3.8, 4) is 0 Å². The van der Waals surface area contributed by atoms with E-state index in [1.54, 1.807) is 31.3 Å². The molecule has 2 saturated heterocycles. The number of hydrogen-bond acceptors (Lipinski definition) is 5. The van der Waals surface area contributed by atoms with Crippen molar-refractivity contribution >= 4 is 15.9 Å². The molecular formula is C25H40N4O3S. The zero-order valence-corrected chi connectivity index (χ0v) is 21.0. The van der Waals surface area contributed by atoms with Crippen LogP contribution in [0.25, 0.3) is 0 Å². The van der Waals surface area contributed by atoms with Crippen molar-refractivity contribution in [2.75, 3.05) is 40.3 Å². The Morgan fingerprint density at radius 2 is 1.52 bits per heavy atom. The summed E-state index contributed by atoms with van der Waals surface area (Å²) in [5.41, 5.74) is 0.520. The van der Waals surface area contributed by atoms with E-state index in [1.165, 1.54) is 36.7 Å². The molecule has 8 heteroatoms. The van der Waals surface area contributed by atoms with Crippen LogP contribution in [0.1, 0.15) is 68.1 Å². The number of nitrogens with one attached hydrogen (secondary N) is 1. The fourth-order valence-electron chi connectivity index (χ4n) is 5.62. The van der Waals surface area contributed by atoms with E-state index in [2.05, 4.69) is 22.2 Å². The summed E-state index contributed by atoms with van der Waals surface area (Å²) in [5.74, 6) is -0.114. The van der Waals surface area contributed by atoms with Gasteiger partial charge in [-0.05, 0) is 82.9 Å². The van der Waals surface area contributed by atoms with Gasteiger partial charge in [-0.3, -0.25) is 4.79 Å².